The van der Waals surface area contributed by atoms with Crippen LogP contribution in [0.4, 0.5) is 0 Å². The minimum Gasteiger partial charge on any atom is -0.392 e. The smallest absolute Gasteiger partial charge is 0.0639 e. The van der Waals surface area contributed by atoms with Crippen LogP contribution in [-0.4, -0.2) is 11.7 Å². The molecule has 0 aromatic rings. The Morgan fingerprint density at radius 1 is 1.62 bits per heavy atom. The first kappa shape index (κ1) is 13.2. The van der Waals surface area contributed by atoms with Gasteiger partial charge in [0.25, 0.3) is 0 Å². The van der Waals surface area contributed by atoms with Crippen LogP contribution in [0, 0.1) is 5.92 Å². The van der Waals surface area contributed by atoms with Crippen molar-refractivity contribution in [2.45, 2.75) is 46.0 Å². The zero-order valence-electron chi connectivity index (χ0n) is 10.6. The standard InChI is InChI=1S/C15H24O/c1-12-7-9-15(10-8-12)14(3)6-4-5-13(2)11-16/h5,7,15-16H,3-4,6,8-11H2,1-2H3/b13-5-/t15-/m0/s1. The molecule has 1 rings (SSSR count). The summed E-state index contributed by atoms with van der Waals surface area (Å²) in [5.41, 5.74) is 3.97. The molecule has 1 heteroatoms. The summed E-state index contributed by atoms with van der Waals surface area (Å²) in [6.45, 7) is 8.57. The van der Waals surface area contributed by atoms with Crippen LogP contribution in [0.5, 0.6) is 0 Å². The second-order valence-corrected chi connectivity index (χ2v) is 4.93. The summed E-state index contributed by atoms with van der Waals surface area (Å²) >= 11 is 0. The van der Waals surface area contributed by atoms with Gasteiger partial charge in [0, 0.05) is 0 Å². The van der Waals surface area contributed by atoms with Crippen molar-refractivity contribution < 1.29 is 5.11 Å². The van der Waals surface area contributed by atoms with Crippen molar-refractivity contribution in [3.63, 3.8) is 0 Å². The topological polar surface area (TPSA) is 20.2 Å². The van der Waals surface area contributed by atoms with Crippen molar-refractivity contribution in [1.82, 2.24) is 0 Å². The SMILES string of the molecule is C=C(CC/C=C(/C)CO)[C@H]1CC=C(C)CC1. The zero-order valence-corrected chi connectivity index (χ0v) is 10.6. The molecule has 1 N–H and O–H groups in total. The Morgan fingerprint density at radius 2 is 2.38 bits per heavy atom. The Bertz CT molecular complexity index is 297. The molecule has 0 aromatic carbocycles. The van der Waals surface area contributed by atoms with Gasteiger partial charge in [0.1, 0.15) is 0 Å². The van der Waals surface area contributed by atoms with Gasteiger partial charge in [-0.25, -0.2) is 0 Å². The van der Waals surface area contributed by atoms with Crippen molar-refractivity contribution in [3.8, 4) is 0 Å². The maximum atomic E-state index is 8.88. The molecule has 16 heavy (non-hydrogen) atoms. The van der Waals surface area contributed by atoms with E-state index in [1.165, 1.54) is 30.4 Å². The second kappa shape index (κ2) is 6.70. The van der Waals surface area contributed by atoms with Crippen LogP contribution in [0.25, 0.3) is 0 Å². The summed E-state index contributed by atoms with van der Waals surface area (Å²) in [6.07, 6.45) is 10.2. The maximum absolute atomic E-state index is 8.88. The summed E-state index contributed by atoms with van der Waals surface area (Å²) in [5.74, 6) is 0.687. The summed E-state index contributed by atoms with van der Waals surface area (Å²) in [7, 11) is 0. The Kier molecular flexibility index (Phi) is 5.54. The molecule has 0 saturated heterocycles. The zero-order chi connectivity index (χ0) is 12.0. The van der Waals surface area contributed by atoms with E-state index in [0.29, 0.717) is 5.92 Å². The Balaban J connectivity index is 2.31. The van der Waals surface area contributed by atoms with Gasteiger partial charge in [-0.3, -0.25) is 0 Å². The highest BCUT2D eigenvalue weighted by Gasteiger charge is 2.14. The molecule has 0 amide bonds. The molecule has 0 saturated carbocycles. The van der Waals surface area contributed by atoms with Gasteiger partial charge < -0.3 is 5.11 Å². The molecular formula is C15H24O. The van der Waals surface area contributed by atoms with Crippen LogP contribution >= 0.6 is 0 Å². The van der Waals surface area contributed by atoms with E-state index in [-0.39, 0.29) is 6.61 Å². The molecular weight excluding hydrogens is 196 g/mol. The Morgan fingerprint density at radius 3 is 2.94 bits per heavy atom. The van der Waals surface area contributed by atoms with Gasteiger partial charge in [0.15, 0.2) is 0 Å². The second-order valence-electron chi connectivity index (χ2n) is 4.93. The lowest BCUT2D eigenvalue weighted by molar-refractivity contribution is 0.331. The Labute approximate surface area is 99.6 Å². The van der Waals surface area contributed by atoms with E-state index in [2.05, 4.69) is 25.7 Å². The average Bonchev–Trinajstić information content (AvgIpc) is 2.29. The first-order chi connectivity index (χ1) is 7.63. The molecule has 1 nitrogen and oxygen atoms in total. The minimum absolute atomic E-state index is 0.178. The fourth-order valence-electron chi connectivity index (χ4n) is 2.11. The number of hydrogen-bond donors (Lipinski definition) is 1. The lowest BCUT2D eigenvalue weighted by atomic mass is 9.84. The van der Waals surface area contributed by atoms with Gasteiger partial charge in [0.05, 0.1) is 6.61 Å². The third kappa shape index (κ3) is 4.36. The first-order valence-electron chi connectivity index (χ1n) is 6.23. The molecule has 0 unspecified atom stereocenters. The number of hydrogen-bond acceptors (Lipinski definition) is 1. The molecule has 0 fully saturated rings. The largest absolute Gasteiger partial charge is 0.392 e. The summed E-state index contributed by atoms with van der Waals surface area (Å²) in [5, 5.41) is 8.88. The quantitative estimate of drug-likeness (QED) is 0.694. The lowest BCUT2D eigenvalue weighted by Gasteiger charge is -2.22. The highest BCUT2D eigenvalue weighted by Crippen LogP contribution is 2.30. The van der Waals surface area contributed by atoms with E-state index < -0.39 is 0 Å². The molecule has 0 aliphatic heterocycles. The van der Waals surface area contributed by atoms with Gasteiger partial charge in [-0.2, -0.15) is 0 Å². The number of aliphatic hydroxyl groups excluding tert-OH is 1. The van der Waals surface area contributed by atoms with Crippen LogP contribution in [0.15, 0.2) is 35.5 Å². The lowest BCUT2D eigenvalue weighted by Crippen LogP contribution is -2.07. The highest BCUT2D eigenvalue weighted by molar-refractivity contribution is 5.12. The van der Waals surface area contributed by atoms with E-state index in [1.807, 2.05) is 6.92 Å². The van der Waals surface area contributed by atoms with Gasteiger partial charge in [-0.15, -0.1) is 0 Å². The molecule has 1 aliphatic carbocycles. The average molecular weight is 220 g/mol. The monoisotopic (exact) mass is 220 g/mol. The van der Waals surface area contributed by atoms with Crippen molar-refractivity contribution in [2.75, 3.05) is 6.61 Å². The van der Waals surface area contributed by atoms with Crippen LogP contribution in [0.1, 0.15) is 46.0 Å². The fourth-order valence-corrected chi connectivity index (χ4v) is 2.11. The Hall–Kier alpha value is -0.820. The number of aliphatic hydroxyl groups is 1. The fraction of sp³-hybridized carbons (Fsp3) is 0.600. The minimum atomic E-state index is 0.178. The molecule has 1 atom stereocenters. The van der Waals surface area contributed by atoms with Crippen molar-refractivity contribution in [3.05, 3.63) is 35.5 Å². The van der Waals surface area contributed by atoms with E-state index in [1.54, 1.807) is 0 Å². The molecule has 1 aliphatic rings. The number of rotatable bonds is 5. The summed E-state index contributed by atoms with van der Waals surface area (Å²) in [6, 6.07) is 0. The normalized spacial score (nSPS) is 21.8. The van der Waals surface area contributed by atoms with Crippen LogP contribution in [0.2, 0.25) is 0 Å². The van der Waals surface area contributed by atoms with Gasteiger partial charge in [-0.05, 0) is 51.9 Å². The molecule has 0 heterocycles. The molecule has 0 bridgehead atoms. The van der Waals surface area contributed by atoms with Crippen molar-refractivity contribution >= 4 is 0 Å². The third-order valence-electron chi connectivity index (χ3n) is 3.42. The molecule has 90 valence electrons. The molecule has 0 spiro atoms. The van der Waals surface area contributed by atoms with Gasteiger partial charge in [0.2, 0.25) is 0 Å². The third-order valence-corrected chi connectivity index (χ3v) is 3.42. The van der Waals surface area contributed by atoms with E-state index in [9.17, 15) is 0 Å². The number of allylic oxidation sites excluding steroid dienone is 4. The predicted octanol–water partition coefficient (Wildman–Crippen LogP) is 4.01. The van der Waals surface area contributed by atoms with E-state index in [0.717, 1.165) is 18.4 Å². The van der Waals surface area contributed by atoms with Crippen molar-refractivity contribution in [1.29, 1.82) is 0 Å². The van der Waals surface area contributed by atoms with Crippen LogP contribution in [-0.2, 0) is 0 Å². The summed E-state index contributed by atoms with van der Waals surface area (Å²) in [4.78, 5) is 0. The van der Waals surface area contributed by atoms with Crippen molar-refractivity contribution in [2.24, 2.45) is 5.92 Å². The molecule has 0 radical (unpaired) electrons. The first-order valence-corrected chi connectivity index (χ1v) is 6.23. The predicted molar refractivity (Wildman–Crippen MR) is 70.3 cm³/mol. The van der Waals surface area contributed by atoms with E-state index in [4.69, 9.17) is 5.11 Å². The van der Waals surface area contributed by atoms with Gasteiger partial charge >= 0.3 is 0 Å². The molecule has 0 aromatic heterocycles. The van der Waals surface area contributed by atoms with Gasteiger partial charge in [-0.1, -0.05) is 35.5 Å². The maximum Gasteiger partial charge on any atom is 0.0639 e. The van der Waals surface area contributed by atoms with Crippen LogP contribution in [0.3, 0.4) is 0 Å². The summed E-state index contributed by atoms with van der Waals surface area (Å²) < 4.78 is 0. The van der Waals surface area contributed by atoms with Crippen LogP contribution < -0.4 is 0 Å². The van der Waals surface area contributed by atoms with E-state index >= 15 is 0 Å². The highest BCUT2D eigenvalue weighted by atomic mass is 16.3.